The van der Waals surface area contributed by atoms with Gasteiger partial charge >= 0.3 is 0 Å². The van der Waals surface area contributed by atoms with Crippen LogP contribution in [0.15, 0.2) is 24.3 Å². The second-order valence-corrected chi connectivity index (χ2v) is 11.4. The number of rotatable bonds is 1. The van der Waals surface area contributed by atoms with Crippen LogP contribution in [0, 0.1) is 45.4 Å². The Morgan fingerprint density at radius 1 is 0.900 bits per heavy atom. The summed E-state index contributed by atoms with van der Waals surface area (Å²) < 4.78 is 0. The van der Waals surface area contributed by atoms with Gasteiger partial charge in [-0.15, -0.1) is 34.5 Å². The molecule has 0 N–H and O–H groups in total. The van der Waals surface area contributed by atoms with E-state index in [4.69, 9.17) is 0 Å². The van der Waals surface area contributed by atoms with Crippen LogP contribution in [0.4, 0.5) is 0 Å². The molecule has 1 aliphatic carbocycles. The maximum atomic E-state index is 2.47. The average Bonchev–Trinajstić information content (AvgIpc) is 3.17. The standard InChI is InChI=1S/C19H25.C10H15.Hf/c1-18(2,3)10-14-7-6-13-8-15-11-19(4,5)12-16(15)9-17(13)14;1-6-7(2)9(4)10(5)8(6)3;/h6-9H,10-12H2,1-5H3;1-5H3;/q2*-1;. The molecule has 0 aliphatic heterocycles. The van der Waals surface area contributed by atoms with Crippen molar-refractivity contribution in [2.75, 3.05) is 0 Å². The molecule has 3 aromatic carbocycles. The molecule has 0 nitrogen and oxygen atoms in total. The van der Waals surface area contributed by atoms with Crippen molar-refractivity contribution >= 4 is 10.8 Å². The molecule has 0 heterocycles. The average molecular weight is 567 g/mol. The Morgan fingerprint density at radius 3 is 1.83 bits per heavy atom. The van der Waals surface area contributed by atoms with E-state index in [0.29, 0.717) is 10.8 Å². The third-order valence-corrected chi connectivity index (χ3v) is 7.05. The fourth-order valence-corrected chi connectivity index (χ4v) is 4.96. The summed E-state index contributed by atoms with van der Waals surface area (Å²) >= 11 is 0. The number of fused-ring (bicyclic) bond motifs is 2. The molecule has 0 radical (unpaired) electrons. The van der Waals surface area contributed by atoms with E-state index in [2.05, 4.69) is 93.5 Å². The first-order valence-electron chi connectivity index (χ1n) is 11.2. The van der Waals surface area contributed by atoms with Gasteiger partial charge in [0, 0.05) is 25.8 Å². The van der Waals surface area contributed by atoms with Crippen molar-refractivity contribution in [2.45, 2.75) is 88.5 Å². The van der Waals surface area contributed by atoms with Crippen molar-refractivity contribution in [1.29, 1.82) is 0 Å². The first-order valence-corrected chi connectivity index (χ1v) is 11.2. The van der Waals surface area contributed by atoms with E-state index in [0.717, 1.165) is 0 Å². The Labute approximate surface area is 204 Å². The van der Waals surface area contributed by atoms with Gasteiger partial charge in [0.05, 0.1) is 0 Å². The molecule has 0 amide bonds. The van der Waals surface area contributed by atoms with E-state index >= 15 is 0 Å². The zero-order valence-corrected chi connectivity index (χ0v) is 24.5. The van der Waals surface area contributed by atoms with E-state index in [-0.39, 0.29) is 25.8 Å². The largest absolute Gasteiger partial charge is 0.196 e. The topological polar surface area (TPSA) is 0 Å². The van der Waals surface area contributed by atoms with Crippen molar-refractivity contribution in [2.24, 2.45) is 10.8 Å². The van der Waals surface area contributed by atoms with Gasteiger partial charge in [0.1, 0.15) is 0 Å². The molecule has 0 saturated carbocycles. The third kappa shape index (κ3) is 5.26. The summed E-state index contributed by atoms with van der Waals surface area (Å²) in [4.78, 5) is 0. The minimum Gasteiger partial charge on any atom is -0.196 e. The Kier molecular flexibility index (Phi) is 7.50. The van der Waals surface area contributed by atoms with Gasteiger partial charge in [0.2, 0.25) is 0 Å². The molecule has 0 fully saturated rings. The SMILES string of the molecule is CC(C)(C)C[c-]1ccc2cc3c(cc21)CC(C)(C)C3.Cc1c(C)c(C)[c-](C)c1C.[Hf]. The van der Waals surface area contributed by atoms with Crippen molar-refractivity contribution in [3.05, 3.63) is 68.8 Å². The van der Waals surface area contributed by atoms with Crippen molar-refractivity contribution in [3.8, 4) is 0 Å². The normalized spacial score (nSPS) is 14.9. The van der Waals surface area contributed by atoms with E-state index in [1.807, 2.05) is 0 Å². The Balaban J connectivity index is 0.000000249. The van der Waals surface area contributed by atoms with E-state index < -0.39 is 0 Å². The molecule has 3 aromatic rings. The van der Waals surface area contributed by atoms with Crippen LogP contribution in [0.5, 0.6) is 0 Å². The van der Waals surface area contributed by atoms with Crippen molar-refractivity contribution in [3.63, 3.8) is 0 Å². The van der Waals surface area contributed by atoms with Gasteiger partial charge in [-0.05, 0) is 23.7 Å². The fourth-order valence-electron chi connectivity index (χ4n) is 4.96. The van der Waals surface area contributed by atoms with Gasteiger partial charge < -0.3 is 0 Å². The quantitative estimate of drug-likeness (QED) is 0.206. The van der Waals surface area contributed by atoms with Crippen LogP contribution in [0.1, 0.15) is 79.1 Å². The Morgan fingerprint density at radius 2 is 1.40 bits per heavy atom. The molecule has 0 unspecified atom stereocenters. The summed E-state index contributed by atoms with van der Waals surface area (Å²) in [7, 11) is 0. The molecular formula is C29H40Hf-2. The van der Waals surface area contributed by atoms with Crippen LogP contribution in [0.25, 0.3) is 10.8 Å². The van der Waals surface area contributed by atoms with Crippen LogP contribution in [-0.4, -0.2) is 0 Å². The van der Waals surface area contributed by atoms with Crippen LogP contribution in [0.2, 0.25) is 0 Å². The van der Waals surface area contributed by atoms with Gasteiger partial charge in [-0.3, -0.25) is 0 Å². The zero-order valence-electron chi connectivity index (χ0n) is 20.9. The predicted octanol–water partition coefficient (Wildman–Crippen LogP) is 8.22. The first kappa shape index (κ1) is 25.3. The van der Waals surface area contributed by atoms with Gasteiger partial charge in [0.25, 0.3) is 0 Å². The second-order valence-electron chi connectivity index (χ2n) is 11.4. The molecule has 0 aromatic heterocycles. The minimum atomic E-state index is 0. The maximum Gasteiger partial charge on any atom is 0 e. The summed E-state index contributed by atoms with van der Waals surface area (Å²) in [5, 5.41) is 2.93. The van der Waals surface area contributed by atoms with Crippen LogP contribution >= 0.6 is 0 Å². The van der Waals surface area contributed by atoms with E-state index in [9.17, 15) is 0 Å². The van der Waals surface area contributed by atoms with Gasteiger partial charge in [0.15, 0.2) is 0 Å². The summed E-state index contributed by atoms with van der Waals surface area (Å²) in [6.07, 6.45) is 3.63. The summed E-state index contributed by atoms with van der Waals surface area (Å²) in [5.74, 6) is 0. The molecule has 1 aliphatic rings. The number of hydrogen-bond acceptors (Lipinski definition) is 0. The Hall–Kier alpha value is -0.950. The zero-order chi connectivity index (χ0) is 21.7. The van der Waals surface area contributed by atoms with Gasteiger partial charge in [-0.25, -0.2) is 0 Å². The molecule has 0 atom stereocenters. The van der Waals surface area contributed by atoms with Gasteiger partial charge in [-0.1, -0.05) is 86.8 Å². The summed E-state index contributed by atoms with van der Waals surface area (Å²) in [6, 6.07) is 9.55. The molecule has 1 heteroatoms. The summed E-state index contributed by atoms with van der Waals surface area (Å²) in [6.45, 7) is 22.7. The second kappa shape index (κ2) is 8.89. The first-order chi connectivity index (χ1) is 13.3. The van der Waals surface area contributed by atoms with Crippen molar-refractivity contribution < 1.29 is 25.8 Å². The monoisotopic (exact) mass is 568 g/mol. The molecule has 0 saturated heterocycles. The molecule has 162 valence electrons. The molecule has 4 rings (SSSR count). The molecular weight excluding hydrogens is 527 g/mol. The van der Waals surface area contributed by atoms with Crippen LogP contribution in [-0.2, 0) is 45.1 Å². The Bertz CT molecular complexity index is 951. The third-order valence-electron chi connectivity index (χ3n) is 7.05. The molecule has 0 bridgehead atoms. The maximum absolute atomic E-state index is 2.47. The summed E-state index contributed by atoms with van der Waals surface area (Å²) in [5.41, 5.74) is 12.8. The van der Waals surface area contributed by atoms with Crippen LogP contribution < -0.4 is 0 Å². The van der Waals surface area contributed by atoms with Gasteiger partial charge in [-0.2, -0.15) is 33.9 Å². The fraction of sp³-hybridized carbons (Fsp3) is 0.517. The molecule has 0 spiro atoms. The predicted molar refractivity (Wildman–Crippen MR) is 130 cm³/mol. The van der Waals surface area contributed by atoms with E-state index in [1.165, 1.54) is 63.4 Å². The number of benzene rings is 1. The smallest absolute Gasteiger partial charge is 0 e. The van der Waals surface area contributed by atoms with Crippen molar-refractivity contribution in [1.82, 2.24) is 0 Å². The van der Waals surface area contributed by atoms with Crippen LogP contribution in [0.3, 0.4) is 0 Å². The van der Waals surface area contributed by atoms with E-state index in [1.54, 1.807) is 11.1 Å². The minimum absolute atomic E-state index is 0. The number of hydrogen-bond donors (Lipinski definition) is 0. The molecule has 30 heavy (non-hydrogen) atoms.